The third kappa shape index (κ3) is 7.24. The lowest BCUT2D eigenvalue weighted by Gasteiger charge is -2.31. The van der Waals surface area contributed by atoms with Gasteiger partial charge in [-0.15, -0.1) is 0 Å². The zero-order valence-electron chi connectivity index (χ0n) is 29.0. The number of amides is 1. The van der Waals surface area contributed by atoms with E-state index in [1.54, 1.807) is 11.8 Å². The highest BCUT2D eigenvalue weighted by atomic mass is 35.5. The standard InChI is InChI=1S/C35H43ClF4N6O3/c1-19-14-20(2)41-29(26(19)35(38,39)40)25-24(36)15-23-28(27(25)37)42-31(48-18-34(11-12-34)17-44(6)7)43-30(23)45-13-10-21-8-9-22(16-45)46(21)32(47)49-33(3,4)5/h14-15,21-22H,8-13,16-18H2,1-7H3/t21-,22+/m1/s1. The van der Waals surface area contributed by atoms with E-state index in [0.717, 1.165) is 32.2 Å². The number of aromatic nitrogens is 3. The Kier molecular flexibility index (Phi) is 9.17. The molecule has 1 aliphatic carbocycles. The van der Waals surface area contributed by atoms with Gasteiger partial charge in [0, 0.05) is 42.2 Å². The van der Waals surface area contributed by atoms with Gasteiger partial charge in [0.2, 0.25) is 0 Å². The van der Waals surface area contributed by atoms with E-state index in [1.165, 1.54) is 19.1 Å². The van der Waals surface area contributed by atoms with Crippen LogP contribution in [0.5, 0.6) is 6.01 Å². The molecule has 0 N–H and O–H groups in total. The molecule has 9 nitrogen and oxygen atoms in total. The fourth-order valence-electron chi connectivity index (χ4n) is 7.35. The molecule has 4 heterocycles. The third-order valence-electron chi connectivity index (χ3n) is 9.51. The summed E-state index contributed by atoms with van der Waals surface area (Å²) in [4.78, 5) is 32.5. The topological polar surface area (TPSA) is 83.9 Å². The lowest BCUT2D eigenvalue weighted by Crippen LogP contribution is -2.45. The molecule has 0 spiro atoms. The third-order valence-corrected chi connectivity index (χ3v) is 9.81. The van der Waals surface area contributed by atoms with Gasteiger partial charge in [-0.2, -0.15) is 23.1 Å². The Morgan fingerprint density at radius 2 is 1.76 bits per heavy atom. The average molecular weight is 707 g/mol. The Balaban J connectivity index is 1.47. The number of aryl methyl sites for hydroxylation is 2. The number of benzene rings is 1. The summed E-state index contributed by atoms with van der Waals surface area (Å²) in [7, 11) is 3.96. The fourth-order valence-corrected chi connectivity index (χ4v) is 7.63. The van der Waals surface area contributed by atoms with E-state index in [1.807, 2.05) is 39.8 Å². The number of pyridine rings is 1. The molecule has 2 aliphatic heterocycles. The van der Waals surface area contributed by atoms with Gasteiger partial charge in [0.05, 0.1) is 34.5 Å². The first-order valence-corrected chi connectivity index (χ1v) is 17.0. The van der Waals surface area contributed by atoms with Crippen LogP contribution in [-0.2, 0) is 10.9 Å². The number of hydrogen-bond donors (Lipinski definition) is 0. The van der Waals surface area contributed by atoms with Crippen LogP contribution in [0.2, 0.25) is 5.02 Å². The van der Waals surface area contributed by atoms with Crippen LogP contribution in [0, 0.1) is 25.1 Å². The number of alkyl halides is 3. The number of hydrogen-bond acceptors (Lipinski definition) is 8. The highest BCUT2D eigenvalue weighted by Crippen LogP contribution is 2.47. The highest BCUT2D eigenvalue weighted by molar-refractivity contribution is 6.34. The van der Waals surface area contributed by atoms with Crippen molar-refractivity contribution in [3.05, 3.63) is 39.8 Å². The summed E-state index contributed by atoms with van der Waals surface area (Å²) in [6.45, 7) is 10.3. The summed E-state index contributed by atoms with van der Waals surface area (Å²) >= 11 is 6.69. The van der Waals surface area contributed by atoms with Crippen molar-refractivity contribution in [1.82, 2.24) is 24.8 Å². The van der Waals surface area contributed by atoms with Gasteiger partial charge < -0.3 is 24.2 Å². The van der Waals surface area contributed by atoms with Crippen LogP contribution in [0.3, 0.4) is 0 Å². The molecule has 6 rings (SSSR count). The highest BCUT2D eigenvalue weighted by Gasteiger charge is 2.45. The van der Waals surface area contributed by atoms with Gasteiger partial charge in [-0.05, 0) is 98.5 Å². The molecule has 14 heteroatoms. The van der Waals surface area contributed by atoms with Crippen molar-refractivity contribution in [1.29, 1.82) is 0 Å². The monoisotopic (exact) mass is 706 g/mol. The quantitative estimate of drug-likeness (QED) is 0.230. The minimum atomic E-state index is -4.81. The summed E-state index contributed by atoms with van der Waals surface area (Å²) in [5.74, 6) is -0.703. The Labute approximate surface area is 288 Å². The second kappa shape index (κ2) is 12.7. The normalized spacial score (nSPS) is 20.6. The van der Waals surface area contributed by atoms with E-state index in [0.29, 0.717) is 31.9 Å². The van der Waals surface area contributed by atoms with E-state index in [-0.39, 0.29) is 56.8 Å². The molecule has 3 aliphatic rings. The summed E-state index contributed by atoms with van der Waals surface area (Å²) in [6.07, 6.45) is -1.10. The van der Waals surface area contributed by atoms with Gasteiger partial charge in [0.1, 0.15) is 16.9 Å². The van der Waals surface area contributed by atoms with E-state index < -0.39 is 34.4 Å². The molecule has 2 saturated heterocycles. The van der Waals surface area contributed by atoms with E-state index in [9.17, 15) is 18.0 Å². The first kappa shape index (κ1) is 35.4. The van der Waals surface area contributed by atoms with Gasteiger partial charge in [-0.3, -0.25) is 4.98 Å². The Morgan fingerprint density at radius 1 is 1.06 bits per heavy atom. The van der Waals surface area contributed by atoms with Gasteiger partial charge in [0.15, 0.2) is 5.82 Å². The molecule has 0 unspecified atom stereocenters. The Morgan fingerprint density at radius 3 is 2.39 bits per heavy atom. The summed E-state index contributed by atoms with van der Waals surface area (Å²) in [6, 6.07) is 2.40. The smallest absolute Gasteiger partial charge is 0.418 e. The first-order chi connectivity index (χ1) is 22.9. The largest absolute Gasteiger partial charge is 0.463 e. The number of nitrogens with zero attached hydrogens (tertiary/aromatic N) is 6. The van der Waals surface area contributed by atoms with Crippen LogP contribution >= 0.6 is 11.6 Å². The Bertz CT molecular complexity index is 1780. The van der Waals surface area contributed by atoms with Gasteiger partial charge >= 0.3 is 18.3 Å². The van der Waals surface area contributed by atoms with E-state index in [4.69, 9.17) is 26.1 Å². The lowest BCUT2D eigenvalue weighted by molar-refractivity contribution is -0.137. The average Bonchev–Trinajstić information content (AvgIpc) is 3.63. The summed E-state index contributed by atoms with van der Waals surface area (Å²) in [5.41, 5.74) is -2.92. The molecule has 266 valence electrons. The maximum absolute atomic E-state index is 16.9. The minimum absolute atomic E-state index is 0.0437. The molecule has 2 bridgehead atoms. The van der Waals surface area contributed by atoms with Crippen LogP contribution in [0.15, 0.2) is 12.1 Å². The SMILES string of the molecule is Cc1cc(C)c(C(F)(F)F)c(-c2c(Cl)cc3c(N4CC[C@H]5CC[C@@H](C4)N5C(=O)OC(C)(C)C)nc(OCC4(CN(C)C)CC4)nc3c2F)n1. The van der Waals surface area contributed by atoms with Gasteiger partial charge in [-0.1, -0.05) is 11.6 Å². The van der Waals surface area contributed by atoms with Crippen molar-refractivity contribution in [2.24, 2.45) is 5.41 Å². The minimum Gasteiger partial charge on any atom is -0.463 e. The van der Waals surface area contributed by atoms with Gasteiger partial charge in [-0.25, -0.2) is 9.18 Å². The predicted molar refractivity (Wildman–Crippen MR) is 180 cm³/mol. The molecule has 2 aromatic heterocycles. The summed E-state index contributed by atoms with van der Waals surface area (Å²) < 4.78 is 71.9. The number of halogens is 5. The molecule has 3 fully saturated rings. The first-order valence-electron chi connectivity index (χ1n) is 16.7. The maximum atomic E-state index is 16.9. The van der Waals surface area contributed by atoms with E-state index >= 15 is 4.39 Å². The van der Waals surface area contributed by atoms with Crippen molar-refractivity contribution >= 4 is 34.4 Å². The lowest BCUT2D eigenvalue weighted by atomic mass is 9.98. The van der Waals surface area contributed by atoms with Crippen LogP contribution in [0.25, 0.3) is 22.2 Å². The van der Waals surface area contributed by atoms with Crippen molar-refractivity contribution in [3.8, 4) is 17.3 Å². The molecule has 49 heavy (non-hydrogen) atoms. The fraction of sp³-hybridized carbons (Fsp3) is 0.600. The van der Waals surface area contributed by atoms with E-state index in [2.05, 4.69) is 14.9 Å². The van der Waals surface area contributed by atoms with Crippen molar-refractivity contribution in [2.45, 2.75) is 90.6 Å². The zero-order valence-corrected chi connectivity index (χ0v) is 29.7. The predicted octanol–water partition coefficient (Wildman–Crippen LogP) is 7.82. The molecule has 1 saturated carbocycles. The van der Waals surface area contributed by atoms with Gasteiger partial charge in [0.25, 0.3) is 0 Å². The van der Waals surface area contributed by atoms with Crippen molar-refractivity contribution in [2.75, 3.05) is 45.2 Å². The molecular weight excluding hydrogens is 664 g/mol. The zero-order chi connectivity index (χ0) is 35.6. The molecule has 3 aromatic rings. The number of carbonyl (C=O) groups is 1. The second-order valence-electron chi connectivity index (χ2n) is 15.1. The number of carbonyl (C=O) groups excluding carboxylic acids is 1. The Hall–Kier alpha value is -3.45. The van der Waals surface area contributed by atoms with Crippen molar-refractivity contribution < 1.29 is 31.8 Å². The number of anilines is 1. The second-order valence-corrected chi connectivity index (χ2v) is 15.5. The van der Waals surface area contributed by atoms with Crippen LogP contribution in [0.4, 0.5) is 28.2 Å². The van der Waals surface area contributed by atoms with Crippen LogP contribution in [0.1, 0.15) is 69.7 Å². The molecule has 1 aromatic carbocycles. The summed E-state index contributed by atoms with van der Waals surface area (Å²) in [5, 5.41) is -0.0197. The molecule has 0 radical (unpaired) electrons. The molecule has 1 amide bonds. The van der Waals surface area contributed by atoms with Crippen molar-refractivity contribution in [3.63, 3.8) is 0 Å². The molecule has 2 atom stereocenters. The number of fused-ring (bicyclic) bond motifs is 3. The number of rotatable bonds is 7. The maximum Gasteiger partial charge on any atom is 0.418 e. The van der Waals surface area contributed by atoms with Crippen LogP contribution < -0.4 is 9.64 Å². The molecular formula is C35H43ClF4N6O3. The number of ether oxygens (including phenoxy) is 2. The van der Waals surface area contributed by atoms with Crippen LogP contribution in [-0.4, -0.2) is 88.9 Å².